The van der Waals surface area contributed by atoms with Gasteiger partial charge in [0.2, 0.25) is 0 Å². The molecule has 1 amide bonds. The molecule has 0 fully saturated rings. The number of amides is 1. The second-order valence-corrected chi connectivity index (χ2v) is 4.26. The first-order chi connectivity index (χ1) is 9.58. The lowest BCUT2D eigenvalue weighted by Gasteiger charge is -2.20. The van der Waals surface area contributed by atoms with Crippen LogP contribution in [0.2, 0.25) is 0 Å². The predicted molar refractivity (Wildman–Crippen MR) is 76.4 cm³/mol. The third-order valence-electron chi connectivity index (χ3n) is 2.83. The number of aliphatic hydroxyl groups excluding tert-OH is 1. The van der Waals surface area contributed by atoms with Gasteiger partial charge in [-0.3, -0.25) is 4.79 Å². The van der Waals surface area contributed by atoms with Crippen LogP contribution in [0.25, 0.3) is 6.08 Å². The molecular weight excluding hydrogens is 258 g/mol. The quantitative estimate of drug-likeness (QED) is 0.743. The van der Waals surface area contributed by atoms with Crippen molar-refractivity contribution < 1.29 is 19.8 Å². The number of carboxylic acid groups (broad SMARTS) is 1. The molecule has 20 heavy (non-hydrogen) atoms. The Kier molecular flexibility index (Phi) is 6.46. The molecule has 0 aliphatic carbocycles. The van der Waals surface area contributed by atoms with Crippen LogP contribution < -0.4 is 0 Å². The van der Waals surface area contributed by atoms with Gasteiger partial charge in [0.1, 0.15) is 0 Å². The molecule has 1 rings (SSSR count). The molecule has 1 aromatic rings. The maximum atomic E-state index is 12.2. The summed E-state index contributed by atoms with van der Waals surface area (Å²) in [7, 11) is 0. The Hall–Kier alpha value is -2.14. The Morgan fingerprint density at radius 2 is 1.90 bits per heavy atom. The van der Waals surface area contributed by atoms with E-state index in [1.54, 1.807) is 29.2 Å². The van der Waals surface area contributed by atoms with Crippen molar-refractivity contribution >= 4 is 18.0 Å². The number of carbonyl (C=O) groups is 2. The van der Waals surface area contributed by atoms with Crippen LogP contribution >= 0.6 is 0 Å². The van der Waals surface area contributed by atoms with Gasteiger partial charge in [0.25, 0.3) is 5.91 Å². The lowest BCUT2D eigenvalue weighted by atomic mass is 10.1. The third kappa shape index (κ3) is 4.85. The molecule has 0 unspecified atom stereocenters. The Balaban J connectivity index is 2.76. The van der Waals surface area contributed by atoms with Crippen molar-refractivity contribution in [3.05, 3.63) is 41.5 Å². The third-order valence-corrected chi connectivity index (χ3v) is 2.83. The van der Waals surface area contributed by atoms with Crippen molar-refractivity contribution in [3.8, 4) is 0 Å². The van der Waals surface area contributed by atoms with E-state index < -0.39 is 5.97 Å². The normalized spacial score (nSPS) is 10.7. The minimum atomic E-state index is -1.01. The van der Waals surface area contributed by atoms with Crippen molar-refractivity contribution in [1.82, 2.24) is 4.90 Å². The Labute approximate surface area is 118 Å². The molecule has 0 aliphatic rings. The van der Waals surface area contributed by atoms with Gasteiger partial charge < -0.3 is 15.1 Å². The lowest BCUT2D eigenvalue weighted by molar-refractivity contribution is -0.131. The van der Waals surface area contributed by atoms with Gasteiger partial charge in [-0.15, -0.1) is 0 Å². The summed E-state index contributed by atoms with van der Waals surface area (Å²) in [4.78, 5) is 24.3. The van der Waals surface area contributed by atoms with Gasteiger partial charge in [-0.1, -0.05) is 12.1 Å². The number of hydrogen-bond acceptors (Lipinski definition) is 3. The Morgan fingerprint density at radius 3 is 2.40 bits per heavy atom. The largest absolute Gasteiger partial charge is 0.478 e. The van der Waals surface area contributed by atoms with E-state index in [1.807, 2.05) is 6.92 Å². The fourth-order valence-corrected chi connectivity index (χ4v) is 1.75. The zero-order chi connectivity index (χ0) is 15.0. The highest BCUT2D eigenvalue weighted by atomic mass is 16.4. The van der Waals surface area contributed by atoms with Crippen molar-refractivity contribution in [1.29, 1.82) is 0 Å². The minimum Gasteiger partial charge on any atom is -0.478 e. The molecule has 0 radical (unpaired) electrons. The summed E-state index contributed by atoms with van der Waals surface area (Å²) in [5.41, 5.74) is 1.28. The molecule has 5 nitrogen and oxygen atoms in total. The van der Waals surface area contributed by atoms with E-state index in [1.165, 1.54) is 6.08 Å². The van der Waals surface area contributed by atoms with Crippen LogP contribution in [0.5, 0.6) is 0 Å². The summed E-state index contributed by atoms with van der Waals surface area (Å²) in [6.07, 6.45) is 3.08. The number of nitrogens with zero attached hydrogens (tertiary/aromatic N) is 1. The smallest absolute Gasteiger partial charge is 0.328 e. The van der Waals surface area contributed by atoms with Crippen molar-refractivity contribution in [2.24, 2.45) is 0 Å². The van der Waals surface area contributed by atoms with Crippen molar-refractivity contribution in [3.63, 3.8) is 0 Å². The molecule has 5 heteroatoms. The van der Waals surface area contributed by atoms with Gasteiger partial charge >= 0.3 is 5.97 Å². The molecule has 0 heterocycles. The van der Waals surface area contributed by atoms with Crippen LogP contribution in [-0.4, -0.2) is 46.7 Å². The SMILES string of the molecule is CCN(CCCO)C(=O)c1ccc(/C=C/C(=O)O)cc1. The number of aliphatic hydroxyl groups is 1. The average Bonchev–Trinajstić information content (AvgIpc) is 2.46. The van der Waals surface area contributed by atoms with Gasteiger partial charge in [-0.25, -0.2) is 4.79 Å². The van der Waals surface area contributed by atoms with Crippen LogP contribution in [0.15, 0.2) is 30.3 Å². The summed E-state index contributed by atoms with van der Waals surface area (Å²) in [5, 5.41) is 17.3. The molecule has 2 N–H and O–H groups in total. The second-order valence-electron chi connectivity index (χ2n) is 4.26. The fraction of sp³-hybridized carbons (Fsp3) is 0.333. The van der Waals surface area contributed by atoms with Gasteiger partial charge in [0.15, 0.2) is 0 Å². The van der Waals surface area contributed by atoms with Crippen LogP contribution in [0.1, 0.15) is 29.3 Å². The topological polar surface area (TPSA) is 77.8 Å². The molecule has 0 aliphatic heterocycles. The standard InChI is InChI=1S/C15H19NO4/c1-2-16(10-3-11-17)15(20)13-7-4-12(5-8-13)6-9-14(18)19/h4-9,17H,2-3,10-11H2,1H3,(H,18,19)/b9-6+. The number of rotatable bonds is 7. The van der Waals surface area contributed by atoms with Crippen molar-refractivity contribution in [2.45, 2.75) is 13.3 Å². The predicted octanol–water partition coefficient (Wildman–Crippen LogP) is 1.63. The van der Waals surface area contributed by atoms with E-state index in [0.29, 0.717) is 25.1 Å². The van der Waals surface area contributed by atoms with E-state index in [9.17, 15) is 9.59 Å². The summed E-state index contributed by atoms with van der Waals surface area (Å²) < 4.78 is 0. The summed E-state index contributed by atoms with van der Waals surface area (Å²) in [6, 6.07) is 6.75. The second kappa shape index (κ2) is 8.12. The van der Waals surface area contributed by atoms with Gasteiger partial charge in [-0.2, -0.15) is 0 Å². The monoisotopic (exact) mass is 277 g/mol. The summed E-state index contributed by atoms with van der Waals surface area (Å²) in [6.45, 7) is 3.05. The van der Waals surface area contributed by atoms with Gasteiger partial charge in [-0.05, 0) is 37.1 Å². The van der Waals surface area contributed by atoms with Crippen LogP contribution in [0.3, 0.4) is 0 Å². The molecule has 0 spiro atoms. The van der Waals surface area contributed by atoms with Crippen molar-refractivity contribution in [2.75, 3.05) is 19.7 Å². The number of carbonyl (C=O) groups excluding carboxylic acids is 1. The van der Waals surface area contributed by atoms with Crippen LogP contribution in [0, 0.1) is 0 Å². The zero-order valence-corrected chi connectivity index (χ0v) is 11.5. The number of benzene rings is 1. The first-order valence-corrected chi connectivity index (χ1v) is 6.49. The summed E-state index contributed by atoms with van der Waals surface area (Å²) >= 11 is 0. The molecule has 0 saturated carbocycles. The van der Waals surface area contributed by atoms with E-state index in [0.717, 1.165) is 11.6 Å². The lowest BCUT2D eigenvalue weighted by Crippen LogP contribution is -2.32. The van der Waals surface area contributed by atoms with Crippen LogP contribution in [0.4, 0.5) is 0 Å². The van der Waals surface area contributed by atoms with Gasteiger partial charge in [0, 0.05) is 31.3 Å². The Morgan fingerprint density at radius 1 is 1.25 bits per heavy atom. The highest BCUT2D eigenvalue weighted by Gasteiger charge is 2.13. The number of carboxylic acids is 1. The highest BCUT2D eigenvalue weighted by Crippen LogP contribution is 2.09. The molecule has 0 aromatic heterocycles. The minimum absolute atomic E-state index is 0.0582. The average molecular weight is 277 g/mol. The maximum absolute atomic E-state index is 12.2. The summed E-state index contributed by atoms with van der Waals surface area (Å²) in [5.74, 6) is -1.10. The zero-order valence-electron chi connectivity index (χ0n) is 11.5. The fourth-order valence-electron chi connectivity index (χ4n) is 1.75. The van der Waals surface area contributed by atoms with E-state index >= 15 is 0 Å². The van der Waals surface area contributed by atoms with E-state index in [2.05, 4.69) is 0 Å². The molecule has 0 saturated heterocycles. The van der Waals surface area contributed by atoms with E-state index in [-0.39, 0.29) is 12.5 Å². The van der Waals surface area contributed by atoms with Crippen LogP contribution in [-0.2, 0) is 4.79 Å². The molecule has 1 aromatic carbocycles. The maximum Gasteiger partial charge on any atom is 0.328 e. The first kappa shape index (κ1) is 15.9. The number of aliphatic carboxylic acids is 1. The Bertz CT molecular complexity index is 479. The van der Waals surface area contributed by atoms with E-state index in [4.69, 9.17) is 10.2 Å². The molecular formula is C15H19NO4. The highest BCUT2D eigenvalue weighted by molar-refractivity contribution is 5.94. The number of hydrogen-bond donors (Lipinski definition) is 2. The van der Waals surface area contributed by atoms with Gasteiger partial charge in [0.05, 0.1) is 0 Å². The molecule has 0 atom stereocenters. The first-order valence-electron chi connectivity index (χ1n) is 6.49. The molecule has 108 valence electrons. The molecule has 0 bridgehead atoms.